The molecule has 0 aromatic heterocycles. The van der Waals surface area contributed by atoms with Crippen LogP contribution in [0.2, 0.25) is 0 Å². The summed E-state index contributed by atoms with van der Waals surface area (Å²) in [6.45, 7) is 6.10. The average Bonchev–Trinajstić information content (AvgIpc) is 2.26. The highest BCUT2D eigenvalue weighted by molar-refractivity contribution is 5.79. The van der Waals surface area contributed by atoms with Crippen molar-refractivity contribution in [2.45, 2.75) is 19.8 Å². The van der Waals surface area contributed by atoms with Gasteiger partial charge in [-0.05, 0) is 39.8 Å². The van der Waals surface area contributed by atoms with Crippen LogP contribution >= 0.6 is 0 Å². The minimum Gasteiger partial charge on any atom is -0.342 e. The van der Waals surface area contributed by atoms with Crippen molar-refractivity contribution >= 4 is 5.96 Å². The van der Waals surface area contributed by atoms with Gasteiger partial charge in [-0.3, -0.25) is 10.4 Å². The Bertz CT molecular complexity index is 218. The minimum absolute atomic E-state index is 0.775. The third kappa shape index (κ3) is 3.98. The van der Waals surface area contributed by atoms with Gasteiger partial charge in [0.2, 0.25) is 5.96 Å². The Labute approximate surface area is 98.7 Å². The molecule has 1 heterocycles. The molecule has 1 rings (SSSR count). The molecular weight excluding hydrogens is 202 g/mol. The molecule has 5 heteroatoms. The lowest BCUT2D eigenvalue weighted by Gasteiger charge is -2.34. The molecule has 1 saturated heterocycles. The van der Waals surface area contributed by atoms with Crippen LogP contribution < -0.4 is 11.3 Å². The van der Waals surface area contributed by atoms with E-state index in [0.717, 1.165) is 31.5 Å². The van der Waals surface area contributed by atoms with Crippen molar-refractivity contribution in [3.8, 4) is 0 Å². The Morgan fingerprint density at radius 2 is 2.06 bits per heavy atom. The first-order valence-corrected chi connectivity index (χ1v) is 6.08. The molecule has 1 fully saturated rings. The van der Waals surface area contributed by atoms with Crippen LogP contribution in [0.25, 0.3) is 0 Å². The molecule has 0 saturated carbocycles. The number of nitrogens with two attached hydrogens (primary N) is 1. The van der Waals surface area contributed by atoms with Crippen LogP contribution in [-0.2, 0) is 0 Å². The lowest BCUT2D eigenvalue weighted by molar-refractivity contribution is 0.215. The van der Waals surface area contributed by atoms with Gasteiger partial charge >= 0.3 is 0 Å². The largest absolute Gasteiger partial charge is 0.342 e. The van der Waals surface area contributed by atoms with Crippen molar-refractivity contribution in [2.24, 2.45) is 16.8 Å². The molecule has 5 nitrogen and oxygen atoms in total. The standard InChI is InChI=1S/C11H25N5/c1-4-13-11(14-12)16-7-5-10(6-8-16)9-15(2)3/h10H,4-9,12H2,1-3H3,(H,13,14). The van der Waals surface area contributed by atoms with E-state index < -0.39 is 0 Å². The Morgan fingerprint density at radius 3 is 2.50 bits per heavy atom. The molecule has 1 aliphatic heterocycles. The Hall–Kier alpha value is -0.810. The summed E-state index contributed by atoms with van der Waals surface area (Å²) in [5.74, 6) is 7.13. The van der Waals surface area contributed by atoms with E-state index in [-0.39, 0.29) is 0 Å². The number of likely N-dealkylation sites (tertiary alicyclic amines) is 1. The number of aliphatic imine (C=N–C) groups is 1. The summed E-state index contributed by atoms with van der Waals surface area (Å²) in [5, 5.41) is 0. The smallest absolute Gasteiger partial charge is 0.208 e. The van der Waals surface area contributed by atoms with Gasteiger partial charge in [0.1, 0.15) is 0 Å². The normalized spacial score (nSPS) is 19.3. The number of piperidine rings is 1. The predicted octanol–water partition coefficient (Wildman–Crippen LogP) is 0.0992. The zero-order valence-electron chi connectivity index (χ0n) is 10.7. The molecule has 3 N–H and O–H groups in total. The van der Waals surface area contributed by atoms with Gasteiger partial charge in [-0.2, -0.15) is 0 Å². The number of hydrogen-bond acceptors (Lipinski definition) is 3. The van der Waals surface area contributed by atoms with Crippen LogP contribution in [0.5, 0.6) is 0 Å². The summed E-state index contributed by atoms with van der Waals surface area (Å²) < 4.78 is 0. The van der Waals surface area contributed by atoms with Gasteiger partial charge in [0, 0.05) is 26.2 Å². The highest BCUT2D eigenvalue weighted by Crippen LogP contribution is 2.17. The van der Waals surface area contributed by atoms with Crippen LogP contribution in [0.15, 0.2) is 4.99 Å². The second-order valence-electron chi connectivity index (χ2n) is 4.63. The van der Waals surface area contributed by atoms with Crippen molar-refractivity contribution in [2.75, 3.05) is 40.3 Å². The first-order valence-electron chi connectivity index (χ1n) is 6.08. The highest BCUT2D eigenvalue weighted by Gasteiger charge is 2.21. The first kappa shape index (κ1) is 13.3. The van der Waals surface area contributed by atoms with E-state index in [9.17, 15) is 0 Å². The Morgan fingerprint density at radius 1 is 1.44 bits per heavy atom. The summed E-state index contributed by atoms with van der Waals surface area (Å²) in [6.07, 6.45) is 2.45. The van der Waals surface area contributed by atoms with Crippen LogP contribution in [0, 0.1) is 5.92 Å². The van der Waals surface area contributed by atoms with E-state index in [4.69, 9.17) is 5.84 Å². The molecule has 0 atom stereocenters. The van der Waals surface area contributed by atoms with Crippen LogP contribution in [-0.4, -0.2) is 56.0 Å². The molecule has 16 heavy (non-hydrogen) atoms. The molecule has 94 valence electrons. The van der Waals surface area contributed by atoms with E-state index in [1.54, 1.807) is 0 Å². The average molecular weight is 227 g/mol. The second kappa shape index (κ2) is 6.70. The van der Waals surface area contributed by atoms with E-state index in [2.05, 4.69) is 34.3 Å². The summed E-state index contributed by atoms with van der Waals surface area (Å²) in [5.41, 5.74) is 2.69. The van der Waals surface area contributed by atoms with Crippen molar-refractivity contribution in [1.82, 2.24) is 15.2 Å². The maximum absolute atomic E-state index is 5.47. The molecule has 0 spiro atoms. The Kier molecular flexibility index (Phi) is 5.55. The number of hydrogen-bond donors (Lipinski definition) is 2. The van der Waals surface area contributed by atoms with Gasteiger partial charge in [0.05, 0.1) is 0 Å². The topological polar surface area (TPSA) is 56.9 Å². The van der Waals surface area contributed by atoms with Gasteiger partial charge in [-0.1, -0.05) is 0 Å². The Balaban J connectivity index is 2.39. The zero-order chi connectivity index (χ0) is 12.0. The molecule has 0 aromatic carbocycles. The van der Waals surface area contributed by atoms with E-state index in [1.165, 1.54) is 19.4 Å². The quantitative estimate of drug-likeness (QED) is 0.311. The molecule has 0 aromatic rings. The maximum Gasteiger partial charge on any atom is 0.208 e. The molecule has 1 aliphatic rings. The molecule has 0 radical (unpaired) electrons. The number of nitrogens with zero attached hydrogens (tertiary/aromatic N) is 3. The molecule has 0 amide bonds. The fourth-order valence-corrected chi connectivity index (χ4v) is 2.23. The number of rotatable bonds is 3. The van der Waals surface area contributed by atoms with Crippen molar-refractivity contribution in [1.29, 1.82) is 0 Å². The van der Waals surface area contributed by atoms with Crippen LogP contribution in [0.4, 0.5) is 0 Å². The van der Waals surface area contributed by atoms with Crippen molar-refractivity contribution < 1.29 is 0 Å². The van der Waals surface area contributed by atoms with Crippen molar-refractivity contribution in [3.05, 3.63) is 0 Å². The van der Waals surface area contributed by atoms with E-state index in [0.29, 0.717) is 0 Å². The fraction of sp³-hybridized carbons (Fsp3) is 0.909. The zero-order valence-corrected chi connectivity index (χ0v) is 10.7. The van der Waals surface area contributed by atoms with Crippen molar-refractivity contribution in [3.63, 3.8) is 0 Å². The van der Waals surface area contributed by atoms with E-state index >= 15 is 0 Å². The van der Waals surface area contributed by atoms with Gasteiger partial charge in [0.15, 0.2) is 0 Å². The summed E-state index contributed by atoms with van der Waals surface area (Å²) in [6, 6.07) is 0. The van der Waals surface area contributed by atoms with Gasteiger partial charge in [0.25, 0.3) is 0 Å². The number of guanidine groups is 1. The third-order valence-electron chi connectivity index (χ3n) is 2.97. The molecule has 0 aliphatic carbocycles. The van der Waals surface area contributed by atoms with Crippen LogP contribution in [0.1, 0.15) is 19.8 Å². The fourth-order valence-electron chi connectivity index (χ4n) is 2.23. The lowest BCUT2D eigenvalue weighted by atomic mass is 9.97. The summed E-state index contributed by atoms with van der Waals surface area (Å²) in [7, 11) is 4.27. The van der Waals surface area contributed by atoms with E-state index in [1.807, 2.05) is 6.92 Å². The van der Waals surface area contributed by atoms with Gasteiger partial charge in [-0.25, -0.2) is 5.84 Å². The third-order valence-corrected chi connectivity index (χ3v) is 2.97. The summed E-state index contributed by atoms with van der Waals surface area (Å²) >= 11 is 0. The first-order chi connectivity index (χ1) is 7.67. The summed E-state index contributed by atoms with van der Waals surface area (Å²) in [4.78, 5) is 8.86. The SMILES string of the molecule is CCN=C(NN)N1CCC(CN(C)C)CC1. The van der Waals surface area contributed by atoms with Gasteiger partial charge < -0.3 is 9.80 Å². The monoisotopic (exact) mass is 227 g/mol. The number of nitrogens with one attached hydrogen (secondary N) is 1. The molecular formula is C11H25N5. The number of hydrazine groups is 1. The molecule has 0 bridgehead atoms. The minimum atomic E-state index is 0.775. The predicted molar refractivity (Wildman–Crippen MR) is 68.2 cm³/mol. The maximum atomic E-state index is 5.47. The molecule has 0 unspecified atom stereocenters. The lowest BCUT2D eigenvalue weighted by Crippen LogP contribution is -2.49. The van der Waals surface area contributed by atoms with Gasteiger partial charge in [-0.15, -0.1) is 0 Å². The van der Waals surface area contributed by atoms with Crippen LogP contribution in [0.3, 0.4) is 0 Å². The highest BCUT2D eigenvalue weighted by atomic mass is 15.4. The second-order valence-corrected chi connectivity index (χ2v) is 4.63.